The minimum atomic E-state index is -0.626. The lowest BCUT2D eigenvalue weighted by Crippen LogP contribution is -2.19. The number of hydrogen-bond acceptors (Lipinski definition) is 6. The van der Waals surface area contributed by atoms with Gasteiger partial charge in [0.05, 0.1) is 36.1 Å². The molecule has 4 rings (SSSR count). The lowest BCUT2D eigenvalue weighted by Gasteiger charge is -2.21. The van der Waals surface area contributed by atoms with Crippen molar-refractivity contribution >= 4 is 0 Å². The zero-order valence-electron chi connectivity index (χ0n) is 26.7. The lowest BCUT2D eigenvalue weighted by molar-refractivity contribution is 0.636. The van der Waals surface area contributed by atoms with E-state index in [0.29, 0.717) is 13.1 Å². The van der Waals surface area contributed by atoms with E-state index in [0.717, 1.165) is 33.4 Å². The maximum absolute atomic E-state index is 9.41. The third-order valence-corrected chi connectivity index (χ3v) is 7.58. The van der Waals surface area contributed by atoms with Crippen LogP contribution >= 0.6 is 0 Å². The molecule has 44 heavy (non-hydrogen) atoms. The molecule has 0 unspecified atom stereocenters. The van der Waals surface area contributed by atoms with Crippen molar-refractivity contribution in [3.05, 3.63) is 118 Å². The van der Waals surface area contributed by atoms with E-state index in [9.17, 15) is 10.5 Å². The van der Waals surface area contributed by atoms with Gasteiger partial charge in [0.15, 0.2) is 0 Å². The molecule has 10 heteroatoms. The second kappa shape index (κ2) is 12.9. The standard InChI is InChI=1S/2C17H19N5/c2*1-16(2,10-18)14-6-13(9-22-12-20-11-21-22)7-15(8-14)17(3,4)19-5/h2*6-8,11-12H,9H2,1-4H3. The molecule has 0 atom stereocenters. The van der Waals surface area contributed by atoms with Crippen LogP contribution in [-0.2, 0) is 35.0 Å². The SMILES string of the molecule is [C-]#[N+]C(C)(C)c1cc(Cn2cncn2)cc(C(C)(C)C#N)c1.[C-]#[N+]C(C)(C)c1cc(Cn2cncn2)cc(C(C)(C)C#N)c1. The van der Waals surface area contributed by atoms with Crippen LogP contribution in [0.1, 0.15) is 88.8 Å². The molecule has 224 valence electrons. The highest BCUT2D eigenvalue weighted by Crippen LogP contribution is 2.33. The van der Waals surface area contributed by atoms with Crippen molar-refractivity contribution in [1.82, 2.24) is 29.5 Å². The molecular formula is C34H38N10. The van der Waals surface area contributed by atoms with Gasteiger partial charge in [-0.2, -0.15) is 20.7 Å². The molecule has 0 radical (unpaired) electrons. The summed E-state index contributed by atoms with van der Waals surface area (Å²) in [5.41, 5.74) is 3.22. The summed E-state index contributed by atoms with van der Waals surface area (Å²) in [6.45, 7) is 31.0. The van der Waals surface area contributed by atoms with Crippen LogP contribution in [0.25, 0.3) is 9.69 Å². The fraction of sp³-hybridized carbons (Fsp3) is 0.412. The Labute approximate surface area is 260 Å². The van der Waals surface area contributed by atoms with Gasteiger partial charge in [-0.15, -0.1) is 0 Å². The van der Waals surface area contributed by atoms with Gasteiger partial charge in [0.1, 0.15) is 25.3 Å². The van der Waals surface area contributed by atoms with Gasteiger partial charge in [0.25, 0.3) is 11.1 Å². The molecule has 0 aliphatic rings. The zero-order chi connectivity index (χ0) is 32.8. The van der Waals surface area contributed by atoms with Gasteiger partial charge in [-0.3, -0.25) is 0 Å². The molecule has 2 heterocycles. The molecule has 4 aromatic rings. The maximum atomic E-state index is 9.41. The smallest absolute Gasteiger partial charge is 0.252 e. The number of hydrogen-bond donors (Lipinski definition) is 0. The first kappa shape index (κ1) is 33.2. The van der Waals surface area contributed by atoms with Crippen LogP contribution in [0.5, 0.6) is 0 Å². The molecule has 10 nitrogen and oxygen atoms in total. The molecule has 2 aromatic heterocycles. The normalized spacial score (nSPS) is 11.7. The van der Waals surface area contributed by atoms with E-state index < -0.39 is 21.9 Å². The molecule has 0 bridgehead atoms. The Morgan fingerprint density at radius 3 is 1.23 bits per heavy atom. The van der Waals surface area contributed by atoms with E-state index >= 15 is 0 Å². The van der Waals surface area contributed by atoms with Crippen LogP contribution in [0, 0.1) is 35.8 Å². The van der Waals surface area contributed by atoms with Crippen molar-refractivity contribution in [2.45, 2.75) is 90.4 Å². The summed E-state index contributed by atoms with van der Waals surface area (Å²) in [4.78, 5) is 15.3. The highest BCUT2D eigenvalue weighted by Gasteiger charge is 2.31. The topological polar surface area (TPSA) is 118 Å². The molecule has 0 aliphatic heterocycles. The van der Waals surface area contributed by atoms with Crippen LogP contribution < -0.4 is 0 Å². The summed E-state index contributed by atoms with van der Waals surface area (Å²) in [6.07, 6.45) is 6.30. The first-order valence-electron chi connectivity index (χ1n) is 14.1. The average Bonchev–Trinajstić information content (AvgIpc) is 3.72. The number of nitriles is 2. The molecule has 0 saturated carbocycles. The Kier molecular flexibility index (Phi) is 9.73. The summed E-state index contributed by atoms with van der Waals surface area (Å²) in [5, 5.41) is 27.0. The fourth-order valence-corrected chi connectivity index (χ4v) is 4.26. The Morgan fingerprint density at radius 1 is 0.614 bits per heavy atom. The van der Waals surface area contributed by atoms with Crippen molar-refractivity contribution in [2.75, 3.05) is 0 Å². The molecular weight excluding hydrogens is 548 g/mol. The summed E-state index contributed by atoms with van der Waals surface area (Å²) in [6, 6.07) is 16.6. The number of rotatable bonds is 8. The lowest BCUT2D eigenvalue weighted by atomic mass is 9.81. The van der Waals surface area contributed by atoms with E-state index in [2.05, 4.69) is 42.0 Å². The van der Waals surface area contributed by atoms with Gasteiger partial charge in [-0.25, -0.2) is 32.5 Å². The summed E-state index contributed by atoms with van der Waals surface area (Å²) >= 11 is 0. The first-order valence-corrected chi connectivity index (χ1v) is 14.1. The van der Waals surface area contributed by atoms with Crippen LogP contribution in [-0.4, -0.2) is 29.5 Å². The third kappa shape index (κ3) is 7.94. The Morgan fingerprint density at radius 2 is 0.955 bits per heavy atom. The van der Waals surface area contributed by atoms with Gasteiger partial charge < -0.3 is 9.69 Å². The van der Waals surface area contributed by atoms with Crippen LogP contribution in [0.4, 0.5) is 0 Å². The largest absolute Gasteiger partial charge is 0.306 e. The fourth-order valence-electron chi connectivity index (χ4n) is 4.26. The monoisotopic (exact) mass is 586 g/mol. The zero-order valence-corrected chi connectivity index (χ0v) is 26.7. The van der Waals surface area contributed by atoms with Gasteiger partial charge >= 0.3 is 0 Å². The van der Waals surface area contributed by atoms with Gasteiger partial charge in [-0.1, -0.05) is 12.1 Å². The van der Waals surface area contributed by atoms with Crippen LogP contribution in [0.3, 0.4) is 0 Å². The van der Waals surface area contributed by atoms with E-state index in [-0.39, 0.29) is 0 Å². The molecule has 0 saturated heterocycles. The first-order chi connectivity index (χ1) is 20.6. The summed E-state index contributed by atoms with van der Waals surface area (Å²) in [5.74, 6) is 0. The highest BCUT2D eigenvalue weighted by molar-refractivity contribution is 5.42. The van der Waals surface area contributed by atoms with Gasteiger partial charge in [0, 0.05) is 38.8 Å². The molecule has 0 aliphatic carbocycles. The van der Waals surface area contributed by atoms with E-state index in [1.807, 2.05) is 91.8 Å². The van der Waals surface area contributed by atoms with Crippen molar-refractivity contribution in [2.24, 2.45) is 0 Å². The van der Waals surface area contributed by atoms with Crippen molar-refractivity contribution < 1.29 is 0 Å². The Bertz CT molecular complexity index is 1530. The number of aromatic nitrogens is 6. The second-order valence-electron chi connectivity index (χ2n) is 12.8. The predicted molar refractivity (Wildman–Crippen MR) is 168 cm³/mol. The minimum absolute atomic E-state index is 0.566. The number of nitrogens with zero attached hydrogens (tertiary/aromatic N) is 10. The average molecular weight is 587 g/mol. The van der Waals surface area contributed by atoms with Gasteiger partial charge in [-0.05, 0) is 74.2 Å². The second-order valence-corrected chi connectivity index (χ2v) is 12.8. The number of benzene rings is 2. The molecule has 2 aromatic carbocycles. The Balaban J connectivity index is 0.000000240. The molecule has 0 amide bonds. The summed E-state index contributed by atoms with van der Waals surface area (Å²) < 4.78 is 3.46. The van der Waals surface area contributed by atoms with Crippen LogP contribution in [0.15, 0.2) is 61.7 Å². The predicted octanol–water partition coefficient (Wildman–Crippen LogP) is 6.56. The quantitative estimate of drug-likeness (QED) is 0.216. The van der Waals surface area contributed by atoms with Crippen molar-refractivity contribution in [3.8, 4) is 12.1 Å². The Hall–Kier alpha value is -5.32. The summed E-state index contributed by atoms with van der Waals surface area (Å²) in [7, 11) is 0. The highest BCUT2D eigenvalue weighted by atomic mass is 15.3. The van der Waals surface area contributed by atoms with Gasteiger partial charge in [0.2, 0.25) is 0 Å². The minimum Gasteiger partial charge on any atom is -0.306 e. The molecule has 0 spiro atoms. The van der Waals surface area contributed by atoms with Crippen LogP contribution in [0.2, 0.25) is 0 Å². The third-order valence-electron chi connectivity index (χ3n) is 7.58. The van der Waals surface area contributed by atoms with Crippen molar-refractivity contribution in [1.29, 1.82) is 10.5 Å². The molecule has 0 N–H and O–H groups in total. The van der Waals surface area contributed by atoms with E-state index in [1.54, 1.807) is 22.0 Å². The van der Waals surface area contributed by atoms with E-state index in [4.69, 9.17) is 13.1 Å². The van der Waals surface area contributed by atoms with Crippen molar-refractivity contribution in [3.63, 3.8) is 0 Å². The maximum Gasteiger partial charge on any atom is 0.252 e. The van der Waals surface area contributed by atoms with E-state index in [1.165, 1.54) is 12.7 Å². The molecule has 0 fully saturated rings.